The van der Waals surface area contributed by atoms with Gasteiger partial charge in [-0.3, -0.25) is 4.79 Å². The summed E-state index contributed by atoms with van der Waals surface area (Å²) in [5.74, 6) is -0.665. The van der Waals surface area contributed by atoms with E-state index in [4.69, 9.17) is 5.26 Å². The third kappa shape index (κ3) is 4.22. The van der Waals surface area contributed by atoms with Crippen molar-refractivity contribution in [2.24, 2.45) is 0 Å². The predicted octanol–water partition coefficient (Wildman–Crippen LogP) is 3.96. The number of nitriles is 1. The second kappa shape index (κ2) is 7.90. The Morgan fingerprint density at radius 1 is 1.08 bits per heavy atom. The summed E-state index contributed by atoms with van der Waals surface area (Å²) in [6.07, 6.45) is 1.55. The van der Waals surface area contributed by atoms with Gasteiger partial charge in [-0.2, -0.15) is 5.26 Å². The Hall–Kier alpha value is -3.72. The molecule has 0 aliphatic carbocycles. The summed E-state index contributed by atoms with van der Waals surface area (Å²) in [5, 5.41) is 14.9. The van der Waals surface area contributed by atoms with Crippen LogP contribution in [0.3, 0.4) is 0 Å². The average Bonchev–Trinajstić information content (AvgIpc) is 2.68. The first-order chi connectivity index (χ1) is 12.7. The normalized spacial score (nSPS) is 10.0. The summed E-state index contributed by atoms with van der Waals surface area (Å²) < 4.78 is 12.9. The number of anilines is 2. The molecule has 2 N–H and O–H groups in total. The summed E-state index contributed by atoms with van der Waals surface area (Å²) in [6.45, 7) is 0.517. The molecule has 0 aliphatic rings. The topological polar surface area (TPSA) is 77.8 Å². The second-order valence-electron chi connectivity index (χ2n) is 5.52. The van der Waals surface area contributed by atoms with E-state index >= 15 is 0 Å². The first-order valence-corrected chi connectivity index (χ1v) is 7.90. The van der Waals surface area contributed by atoms with Crippen LogP contribution in [0.2, 0.25) is 0 Å². The molecule has 5 nitrogen and oxygen atoms in total. The molecule has 0 fully saturated rings. The van der Waals surface area contributed by atoms with Gasteiger partial charge in [0.2, 0.25) is 0 Å². The van der Waals surface area contributed by atoms with Crippen LogP contribution in [0.5, 0.6) is 0 Å². The van der Waals surface area contributed by atoms with Crippen molar-refractivity contribution in [2.75, 3.05) is 10.6 Å². The maximum atomic E-state index is 12.9. The van der Waals surface area contributed by atoms with Crippen LogP contribution in [0.25, 0.3) is 0 Å². The van der Waals surface area contributed by atoms with E-state index in [2.05, 4.69) is 15.6 Å². The summed E-state index contributed by atoms with van der Waals surface area (Å²) in [4.78, 5) is 16.4. The minimum absolute atomic E-state index is 0.241. The van der Waals surface area contributed by atoms with E-state index in [1.807, 2.05) is 6.07 Å². The number of hydrogen-bond acceptors (Lipinski definition) is 4. The number of benzene rings is 2. The van der Waals surface area contributed by atoms with Gasteiger partial charge in [-0.05, 0) is 42.0 Å². The highest BCUT2D eigenvalue weighted by molar-refractivity contribution is 6.03. The van der Waals surface area contributed by atoms with Crippen molar-refractivity contribution in [3.8, 4) is 6.07 Å². The first kappa shape index (κ1) is 17.1. The molecule has 26 heavy (non-hydrogen) atoms. The molecule has 0 unspecified atom stereocenters. The number of pyridine rings is 1. The fourth-order valence-corrected chi connectivity index (χ4v) is 2.32. The van der Waals surface area contributed by atoms with Crippen LogP contribution in [0.1, 0.15) is 21.6 Å². The number of halogens is 1. The van der Waals surface area contributed by atoms with Crippen LogP contribution in [-0.4, -0.2) is 10.9 Å². The lowest BCUT2D eigenvalue weighted by molar-refractivity contribution is 0.102. The summed E-state index contributed by atoms with van der Waals surface area (Å²) in [7, 11) is 0. The minimum atomic E-state index is -0.391. The largest absolute Gasteiger partial charge is 0.380 e. The summed E-state index contributed by atoms with van der Waals surface area (Å²) in [6, 6.07) is 18.3. The Kier molecular flexibility index (Phi) is 5.20. The van der Waals surface area contributed by atoms with Crippen LogP contribution in [-0.2, 0) is 6.54 Å². The molecule has 1 amide bonds. The average molecular weight is 346 g/mol. The quantitative estimate of drug-likeness (QED) is 0.733. The maximum absolute atomic E-state index is 12.9. The van der Waals surface area contributed by atoms with Crippen LogP contribution in [0, 0.1) is 17.1 Å². The van der Waals surface area contributed by atoms with Gasteiger partial charge in [-0.15, -0.1) is 0 Å². The lowest BCUT2D eigenvalue weighted by Crippen LogP contribution is -2.14. The molecule has 0 bridgehead atoms. The van der Waals surface area contributed by atoms with Gasteiger partial charge in [-0.1, -0.05) is 24.3 Å². The lowest BCUT2D eigenvalue weighted by atomic mass is 10.2. The number of carbonyl (C=O) groups excluding carboxylic acids is 1. The Labute approximate surface area is 150 Å². The Morgan fingerprint density at radius 3 is 2.54 bits per heavy atom. The molecule has 2 aromatic carbocycles. The highest BCUT2D eigenvalue weighted by Crippen LogP contribution is 2.15. The van der Waals surface area contributed by atoms with Gasteiger partial charge in [0, 0.05) is 6.54 Å². The van der Waals surface area contributed by atoms with Crippen LogP contribution in [0.4, 0.5) is 15.8 Å². The van der Waals surface area contributed by atoms with Gasteiger partial charge in [0.15, 0.2) is 0 Å². The number of nitrogens with zero attached hydrogens (tertiary/aromatic N) is 2. The van der Waals surface area contributed by atoms with E-state index in [9.17, 15) is 9.18 Å². The van der Waals surface area contributed by atoms with Crippen molar-refractivity contribution in [2.45, 2.75) is 6.54 Å². The van der Waals surface area contributed by atoms with Crippen molar-refractivity contribution in [3.63, 3.8) is 0 Å². The SMILES string of the molecule is N#Cc1ccccc1NC(=O)c1ccc(NCc2ccc(F)cc2)cn1. The summed E-state index contributed by atoms with van der Waals surface area (Å²) >= 11 is 0. The molecule has 1 heterocycles. The molecule has 0 atom stereocenters. The smallest absolute Gasteiger partial charge is 0.274 e. The molecule has 3 aromatic rings. The molecular formula is C20H15FN4O. The zero-order valence-corrected chi connectivity index (χ0v) is 13.7. The molecule has 0 spiro atoms. The molecule has 0 saturated carbocycles. The number of rotatable bonds is 5. The van der Waals surface area contributed by atoms with Crippen LogP contribution < -0.4 is 10.6 Å². The predicted molar refractivity (Wildman–Crippen MR) is 97.1 cm³/mol. The van der Waals surface area contributed by atoms with E-state index in [-0.39, 0.29) is 11.5 Å². The number of nitrogens with one attached hydrogen (secondary N) is 2. The van der Waals surface area contributed by atoms with Gasteiger partial charge in [0.05, 0.1) is 23.1 Å². The van der Waals surface area contributed by atoms with E-state index in [0.717, 1.165) is 11.3 Å². The van der Waals surface area contributed by atoms with Crippen molar-refractivity contribution in [3.05, 3.63) is 89.5 Å². The van der Waals surface area contributed by atoms with Crippen LogP contribution >= 0.6 is 0 Å². The Morgan fingerprint density at radius 2 is 1.85 bits per heavy atom. The fourth-order valence-electron chi connectivity index (χ4n) is 2.32. The standard InChI is InChI=1S/C20H15FN4O/c21-16-7-5-14(6-8-16)12-23-17-9-10-19(24-13-17)20(26)25-18-4-2-1-3-15(18)11-22/h1-10,13,23H,12H2,(H,25,26). The molecule has 0 saturated heterocycles. The Balaban J connectivity index is 1.62. The van der Waals surface area contributed by atoms with Gasteiger partial charge in [-0.25, -0.2) is 9.37 Å². The Bertz CT molecular complexity index is 947. The van der Waals surface area contributed by atoms with Crippen molar-refractivity contribution >= 4 is 17.3 Å². The second-order valence-corrected chi connectivity index (χ2v) is 5.52. The molecular weight excluding hydrogens is 331 g/mol. The molecule has 0 aliphatic heterocycles. The van der Waals surface area contributed by atoms with Crippen LogP contribution in [0.15, 0.2) is 66.9 Å². The monoisotopic (exact) mass is 346 g/mol. The van der Waals surface area contributed by atoms with E-state index < -0.39 is 5.91 Å². The van der Waals surface area contributed by atoms with Gasteiger partial charge >= 0.3 is 0 Å². The van der Waals surface area contributed by atoms with Gasteiger partial charge in [0.1, 0.15) is 17.6 Å². The molecule has 6 heteroatoms. The van der Waals surface area contributed by atoms with Gasteiger partial charge in [0.25, 0.3) is 5.91 Å². The maximum Gasteiger partial charge on any atom is 0.274 e. The molecule has 0 radical (unpaired) electrons. The first-order valence-electron chi connectivity index (χ1n) is 7.90. The third-order valence-corrected chi connectivity index (χ3v) is 3.70. The lowest BCUT2D eigenvalue weighted by Gasteiger charge is -2.08. The van der Waals surface area contributed by atoms with Crippen molar-refractivity contribution in [1.82, 2.24) is 4.98 Å². The zero-order chi connectivity index (χ0) is 18.4. The van der Waals surface area contributed by atoms with E-state index in [0.29, 0.717) is 17.8 Å². The molecule has 128 valence electrons. The number of amides is 1. The highest BCUT2D eigenvalue weighted by Gasteiger charge is 2.10. The fraction of sp³-hybridized carbons (Fsp3) is 0.0500. The number of hydrogen-bond donors (Lipinski definition) is 2. The van der Waals surface area contributed by atoms with E-state index in [1.165, 1.54) is 12.1 Å². The minimum Gasteiger partial charge on any atom is -0.380 e. The molecule has 1 aromatic heterocycles. The molecule has 3 rings (SSSR count). The number of aromatic nitrogens is 1. The zero-order valence-electron chi connectivity index (χ0n) is 13.7. The van der Waals surface area contributed by atoms with Crippen molar-refractivity contribution in [1.29, 1.82) is 5.26 Å². The number of carbonyl (C=O) groups is 1. The van der Waals surface area contributed by atoms with E-state index in [1.54, 1.807) is 54.7 Å². The van der Waals surface area contributed by atoms with Gasteiger partial charge < -0.3 is 10.6 Å². The summed E-state index contributed by atoms with van der Waals surface area (Å²) in [5.41, 5.74) is 2.74. The highest BCUT2D eigenvalue weighted by atomic mass is 19.1. The number of para-hydroxylation sites is 1. The van der Waals surface area contributed by atoms with Crippen molar-refractivity contribution < 1.29 is 9.18 Å². The third-order valence-electron chi connectivity index (χ3n) is 3.70.